The summed E-state index contributed by atoms with van der Waals surface area (Å²) in [5.41, 5.74) is 1.25. The Labute approximate surface area is 174 Å². The standard InChI is InChI=1S/C22H25BrN2O3/c1-14(2)12-25-18-11-17(24-20(26)15-6-5-7-16(23)10-15)8-9-19(18)28-13-22(3,4)21(25)27/h5-11,14H,12-13H2,1-4H3,(H,24,26). The van der Waals surface area contributed by atoms with E-state index in [4.69, 9.17) is 4.74 Å². The van der Waals surface area contributed by atoms with Crippen LogP contribution in [-0.4, -0.2) is 25.0 Å². The molecule has 5 nitrogen and oxygen atoms in total. The molecule has 2 amide bonds. The van der Waals surface area contributed by atoms with Crippen LogP contribution in [0.2, 0.25) is 0 Å². The van der Waals surface area contributed by atoms with Crippen molar-refractivity contribution in [3.05, 3.63) is 52.5 Å². The van der Waals surface area contributed by atoms with Crippen LogP contribution >= 0.6 is 15.9 Å². The third-order valence-electron chi connectivity index (χ3n) is 4.55. The SMILES string of the molecule is CC(C)CN1C(=O)C(C)(C)COc2ccc(NC(=O)c3cccc(Br)c3)cc21. The summed E-state index contributed by atoms with van der Waals surface area (Å²) in [7, 11) is 0. The van der Waals surface area contributed by atoms with Crippen LogP contribution in [0.5, 0.6) is 5.75 Å². The molecule has 148 valence electrons. The minimum Gasteiger partial charge on any atom is -0.490 e. The van der Waals surface area contributed by atoms with Crippen molar-refractivity contribution in [1.29, 1.82) is 0 Å². The van der Waals surface area contributed by atoms with Crippen molar-refractivity contribution in [3.8, 4) is 5.75 Å². The fraction of sp³-hybridized carbons (Fsp3) is 0.364. The largest absolute Gasteiger partial charge is 0.490 e. The van der Waals surface area contributed by atoms with Gasteiger partial charge < -0.3 is 15.0 Å². The molecule has 0 atom stereocenters. The number of nitrogens with zero attached hydrogens (tertiary/aromatic N) is 1. The minimum absolute atomic E-state index is 0.0235. The van der Waals surface area contributed by atoms with Gasteiger partial charge in [-0.05, 0) is 56.2 Å². The van der Waals surface area contributed by atoms with Crippen molar-refractivity contribution in [2.24, 2.45) is 11.3 Å². The van der Waals surface area contributed by atoms with E-state index >= 15 is 0 Å². The molecule has 0 saturated heterocycles. The molecule has 0 saturated carbocycles. The van der Waals surface area contributed by atoms with E-state index in [1.54, 1.807) is 23.1 Å². The number of hydrogen-bond acceptors (Lipinski definition) is 3. The predicted molar refractivity (Wildman–Crippen MR) is 115 cm³/mol. The zero-order chi connectivity index (χ0) is 20.5. The normalized spacial score (nSPS) is 15.6. The molecule has 0 bridgehead atoms. The van der Waals surface area contributed by atoms with Crippen LogP contribution in [0.4, 0.5) is 11.4 Å². The van der Waals surface area contributed by atoms with Gasteiger partial charge >= 0.3 is 0 Å². The van der Waals surface area contributed by atoms with Crippen molar-refractivity contribution in [2.45, 2.75) is 27.7 Å². The topological polar surface area (TPSA) is 58.6 Å². The molecular weight excluding hydrogens is 420 g/mol. The molecular formula is C22H25BrN2O3. The maximum atomic E-state index is 13.1. The summed E-state index contributed by atoms with van der Waals surface area (Å²) in [6.45, 7) is 8.84. The highest BCUT2D eigenvalue weighted by molar-refractivity contribution is 9.10. The van der Waals surface area contributed by atoms with E-state index in [2.05, 4.69) is 35.1 Å². The molecule has 2 aromatic rings. The third-order valence-corrected chi connectivity index (χ3v) is 5.05. The quantitative estimate of drug-likeness (QED) is 0.712. The van der Waals surface area contributed by atoms with Crippen molar-refractivity contribution in [2.75, 3.05) is 23.4 Å². The first-order valence-corrected chi connectivity index (χ1v) is 10.1. The molecule has 28 heavy (non-hydrogen) atoms. The molecule has 1 aliphatic heterocycles. The van der Waals surface area contributed by atoms with Gasteiger partial charge in [-0.15, -0.1) is 0 Å². The van der Waals surface area contributed by atoms with Crippen LogP contribution in [0.1, 0.15) is 38.1 Å². The van der Waals surface area contributed by atoms with Gasteiger partial charge in [0.25, 0.3) is 5.91 Å². The maximum absolute atomic E-state index is 13.1. The number of nitrogens with one attached hydrogen (secondary N) is 1. The smallest absolute Gasteiger partial charge is 0.255 e. The molecule has 0 spiro atoms. The summed E-state index contributed by atoms with van der Waals surface area (Å²) >= 11 is 3.38. The van der Waals surface area contributed by atoms with Crippen molar-refractivity contribution in [3.63, 3.8) is 0 Å². The van der Waals surface area contributed by atoms with Gasteiger partial charge in [-0.25, -0.2) is 0 Å². The summed E-state index contributed by atoms with van der Waals surface area (Å²) in [6, 6.07) is 12.6. The van der Waals surface area contributed by atoms with Crippen LogP contribution in [0, 0.1) is 11.3 Å². The molecule has 1 N–H and O–H groups in total. The number of halogens is 1. The van der Waals surface area contributed by atoms with Gasteiger partial charge in [0.2, 0.25) is 5.91 Å². The van der Waals surface area contributed by atoms with Crippen molar-refractivity contribution >= 4 is 39.1 Å². The average molecular weight is 445 g/mol. The summed E-state index contributed by atoms with van der Waals surface area (Å²) in [6.07, 6.45) is 0. The van der Waals surface area contributed by atoms with E-state index in [9.17, 15) is 9.59 Å². The average Bonchev–Trinajstić information content (AvgIpc) is 2.72. The Kier molecular flexibility index (Phi) is 5.79. The van der Waals surface area contributed by atoms with Gasteiger partial charge in [0.1, 0.15) is 12.4 Å². The first-order chi connectivity index (χ1) is 13.2. The van der Waals surface area contributed by atoms with Gasteiger partial charge in [-0.3, -0.25) is 9.59 Å². The predicted octanol–water partition coefficient (Wildman–Crippen LogP) is 5.11. The van der Waals surface area contributed by atoms with E-state index in [1.165, 1.54) is 0 Å². The van der Waals surface area contributed by atoms with E-state index in [1.807, 2.05) is 38.1 Å². The Morgan fingerprint density at radius 1 is 1.25 bits per heavy atom. The highest BCUT2D eigenvalue weighted by Crippen LogP contribution is 2.38. The second kappa shape index (κ2) is 7.95. The first kappa shape index (κ1) is 20.4. The first-order valence-electron chi connectivity index (χ1n) is 9.33. The summed E-state index contributed by atoms with van der Waals surface area (Å²) in [4.78, 5) is 27.5. The summed E-state index contributed by atoms with van der Waals surface area (Å²) in [5.74, 6) is 0.763. The number of carbonyl (C=O) groups is 2. The Bertz CT molecular complexity index is 908. The highest BCUT2D eigenvalue weighted by Gasteiger charge is 2.38. The van der Waals surface area contributed by atoms with Gasteiger partial charge in [0, 0.05) is 22.3 Å². The number of anilines is 2. The number of hydrogen-bond donors (Lipinski definition) is 1. The van der Waals surface area contributed by atoms with Crippen LogP contribution in [0.3, 0.4) is 0 Å². The van der Waals surface area contributed by atoms with Crippen LogP contribution in [-0.2, 0) is 4.79 Å². The molecule has 0 radical (unpaired) electrons. The number of rotatable bonds is 4. The second-order valence-corrected chi connectivity index (χ2v) is 9.04. The van der Waals surface area contributed by atoms with Crippen LogP contribution in [0.25, 0.3) is 0 Å². The molecule has 2 aromatic carbocycles. The lowest BCUT2D eigenvalue weighted by Gasteiger charge is -2.29. The molecule has 0 aliphatic carbocycles. The lowest BCUT2D eigenvalue weighted by molar-refractivity contribution is -0.127. The molecule has 0 fully saturated rings. The fourth-order valence-corrected chi connectivity index (χ4v) is 3.50. The van der Waals surface area contributed by atoms with E-state index in [0.29, 0.717) is 41.8 Å². The Hall–Kier alpha value is -2.34. The Morgan fingerprint density at radius 3 is 2.68 bits per heavy atom. The fourth-order valence-electron chi connectivity index (χ4n) is 3.10. The van der Waals surface area contributed by atoms with Crippen molar-refractivity contribution < 1.29 is 14.3 Å². The van der Waals surface area contributed by atoms with E-state index < -0.39 is 5.41 Å². The zero-order valence-corrected chi connectivity index (χ0v) is 18.2. The number of ether oxygens (including phenoxy) is 1. The Balaban J connectivity index is 1.94. The molecule has 6 heteroatoms. The van der Waals surface area contributed by atoms with E-state index in [0.717, 1.165) is 4.47 Å². The molecule has 1 heterocycles. The van der Waals surface area contributed by atoms with E-state index in [-0.39, 0.29) is 11.8 Å². The zero-order valence-electron chi connectivity index (χ0n) is 16.6. The van der Waals surface area contributed by atoms with Crippen molar-refractivity contribution in [1.82, 2.24) is 0 Å². The molecule has 0 unspecified atom stereocenters. The van der Waals surface area contributed by atoms with Crippen LogP contribution < -0.4 is 15.0 Å². The monoisotopic (exact) mass is 444 g/mol. The second-order valence-electron chi connectivity index (χ2n) is 8.13. The number of benzene rings is 2. The summed E-state index contributed by atoms with van der Waals surface area (Å²) in [5, 5.41) is 2.91. The molecule has 1 aliphatic rings. The highest BCUT2D eigenvalue weighted by atomic mass is 79.9. The molecule has 3 rings (SSSR count). The lowest BCUT2D eigenvalue weighted by atomic mass is 9.92. The number of carbonyl (C=O) groups excluding carboxylic acids is 2. The van der Waals surface area contributed by atoms with Gasteiger partial charge in [0.15, 0.2) is 0 Å². The van der Waals surface area contributed by atoms with Gasteiger partial charge in [0.05, 0.1) is 11.1 Å². The summed E-state index contributed by atoms with van der Waals surface area (Å²) < 4.78 is 6.76. The maximum Gasteiger partial charge on any atom is 0.255 e. The van der Waals surface area contributed by atoms with Gasteiger partial charge in [-0.1, -0.05) is 35.8 Å². The number of fused-ring (bicyclic) bond motifs is 1. The minimum atomic E-state index is -0.617. The lowest BCUT2D eigenvalue weighted by Crippen LogP contribution is -2.43. The molecule has 0 aromatic heterocycles. The number of amides is 2. The third kappa shape index (κ3) is 4.38. The van der Waals surface area contributed by atoms with Gasteiger partial charge in [-0.2, -0.15) is 0 Å². The Morgan fingerprint density at radius 2 is 2.00 bits per heavy atom. The van der Waals surface area contributed by atoms with Crippen LogP contribution in [0.15, 0.2) is 46.9 Å².